The second-order valence-corrected chi connectivity index (χ2v) is 29.9. The molecule has 2 aromatic rings. The summed E-state index contributed by atoms with van der Waals surface area (Å²) in [6.45, 7) is 27.8. The number of amides is 11. The number of aliphatic hydroxyl groups excluding tert-OH is 1. The molecule has 104 heavy (non-hydrogen) atoms. The molecule has 30 nitrogen and oxygen atoms in total. The Hall–Kier alpha value is -8.35. The molecule has 1 aliphatic rings. The molecule has 3 rings (SSSR count). The lowest BCUT2D eigenvalue weighted by molar-refractivity contribution is -0.155. The number of likely N-dealkylation sites (N-methyl/N-ethyl adjacent to an activating group) is 2. The number of nitrogens with one attached hydrogen (secondary N) is 7. The number of primary amides is 1. The van der Waals surface area contributed by atoms with Crippen LogP contribution < -0.4 is 53.4 Å². The maximum atomic E-state index is 15.0. The van der Waals surface area contributed by atoms with Gasteiger partial charge < -0.3 is 92.0 Å². The monoisotopic (exact) mass is 1470 g/mol. The summed E-state index contributed by atoms with van der Waals surface area (Å²) in [5, 5.41) is 30.1. The SMILES string of the molecule is CC[C@H](C)[C@@H]([C@@H](CC(=O)N1CCC[C@H]1[C@H](OC)[C@@H](C)C(=O)N[C@H](C)[C@@H](O)c1ccccc1)OC)N(C)C(=O)[C@@H](NC(=O)[C@H](C(C)C)N(C)C(=O)OCc1ccc(NC(=O)[C@H](CCCNC(N)=O)NC(=O)[C@@H](NC(=O)[C@@H](N)CCC(=O)OC(C)(C)C)C(C)C)c(OCCNC(=O)OC(C)(C)C)c1)C(C)C. The minimum Gasteiger partial charge on any atom is -0.490 e. The van der Waals surface area contributed by atoms with Crippen LogP contribution in [0.25, 0.3) is 0 Å². The summed E-state index contributed by atoms with van der Waals surface area (Å²) in [6.07, 6.45) is -2.53. The van der Waals surface area contributed by atoms with Gasteiger partial charge in [-0.15, -0.1) is 0 Å². The van der Waals surface area contributed by atoms with Crippen molar-refractivity contribution in [3.63, 3.8) is 0 Å². The van der Waals surface area contributed by atoms with E-state index in [0.717, 1.165) is 4.90 Å². The van der Waals surface area contributed by atoms with Gasteiger partial charge in [0.15, 0.2) is 0 Å². The van der Waals surface area contributed by atoms with Crippen LogP contribution >= 0.6 is 0 Å². The molecule has 0 saturated carbocycles. The third-order valence-electron chi connectivity index (χ3n) is 18.0. The molecule has 30 heteroatoms. The highest BCUT2D eigenvalue weighted by molar-refractivity contribution is 6.00. The number of urea groups is 1. The quantitative estimate of drug-likeness (QED) is 0.0209. The number of rotatable bonds is 40. The molecule has 2 aromatic carbocycles. The fraction of sp³-hybridized carbons (Fsp3) is 0.689. The lowest BCUT2D eigenvalue weighted by Crippen LogP contribution is -2.60. The van der Waals surface area contributed by atoms with Gasteiger partial charge in [0.05, 0.1) is 67.1 Å². The molecular formula is C74H122N12O18. The number of methoxy groups -OCH3 is 2. The number of nitrogens with two attached hydrogens (primary N) is 2. The fourth-order valence-corrected chi connectivity index (χ4v) is 12.3. The Morgan fingerprint density at radius 3 is 1.89 bits per heavy atom. The van der Waals surface area contributed by atoms with Crippen molar-refractivity contribution in [3.05, 3.63) is 59.7 Å². The number of hydrogen-bond acceptors (Lipinski definition) is 19. The lowest BCUT2D eigenvalue weighted by Gasteiger charge is -2.41. The van der Waals surface area contributed by atoms with E-state index in [2.05, 4.69) is 37.2 Å². The summed E-state index contributed by atoms with van der Waals surface area (Å²) in [7, 11) is 6.00. The van der Waals surface area contributed by atoms with Crippen LogP contribution in [0.15, 0.2) is 48.5 Å². The number of alkyl carbamates (subject to hydrolysis) is 1. The number of carbonyl (C=O) groups excluding carboxylic acids is 11. The molecule has 0 unspecified atom stereocenters. The van der Waals surface area contributed by atoms with Crippen LogP contribution in [0.4, 0.5) is 20.1 Å². The number of benzene rings is 2. The zero-order chi connectivity index (χ0) is 78.7. The predicted molar refractivity (Wildman–Crippen MR) is 392 cm³/mol. The van der Waals surface area contributed by atoms with E-state index in [1.165, 1.54) is 44.4 Å². The van der Waals surface area contributed by atoms with Gasteiger partial charge in [0.1, 0.15) is 54.3 Å². The van der Waals surface area contributed by atoms with Gasteiger partial charge in [-0.25, -0.2) is 14.4 Å². The predicted octanol–water partition coefficient (Wildman–Crippen LogP) is 5.94. The highest BCUT2D eigenvalue weighted by Crippen LogP contribution is 2.32. The molecule has 0 bridgehead atoms. The van der Waals surface area contributed by atoms with E-state index in [1.807, 2.05) is 32.0 Å². The van der Waals surface area contributed by atoms with Crippen molar-refractivity contribution < 1.29 is 86.3 Å². The van der Waals surface area contributed by atoms with Crippen LogP contribution in [-0.4, -0.2) is 212 Å². The largest absolute Gasteiger partial charge is 0.490 e. The number of likely N-dealkylation sites (tertiary alicyclic amines) is 1. The topological polar surface area (TPSA) is 409 Å². The molecule has 0 aromatic heterocycles. The van der Waals surface area contributed by atoms with Crippen LogP contribution in [0, 0.1) is 29.6 Å². The summed E-state index contributed by atoms with van der Waals surface area (Å²) in [5.41, 5.74) is 11.0. The molecular weight excluding hydrogens is 1340 g/mol. The second-order valence-electron chi connectivity index (χ2n) is 29.9. The average molecular weight is 1470 g/mol. The summed E-state index contributed by atoms with van der Waals surface area (Å²) in [6, 6.07) is 4.94. The summed E-state index contributed by atoms with van der Waals surface area (Å²) >= 11 is 0. The minimum atomic E-state index is -1.30. The third-order valence-corrected chi connectivity index (χ3v) is 18.0. The number of anilines is 1. The zero-order valence-electron chi connectivity index (χ0n) is 64.9. The van der Waals surface area contributed by atoms with Gasteiger partial charge in [-0.3, -0.25) is 43.3 Å². The van der Waals surface area contributed by atoms with Gasteiger partial charge in [-0.05, 0) is 128 Å². The molecule has 1 saturated heterocycles. The van der Waals surface area contributed by atoms with E-state index in [0.29, 0.717) is 36.9 Å². The van der Waals surface area contributed by atoms with E-state index >= 15 is 0 Å². The molecule has 0 spiro atoms. The molecule has 1 heterocycles. The smallest absolute Gasteiger partial charge is 0.410 e. The molecule has 12 N–H and O–H groups in total. The Morgan fingerprint density at radius 1 is 0.702 bits per heavy atom. The van der Waals surface area contributed by atoms with Crippen LogP contribution in [0.2, 0.25) is 0 Å². The van der Waals surface area contributed by atoms with Crippen molar-refractivity contribution in [2.75, 3.05) is 59.9 Å². The first-order valence-electron chi connectivity index (χ1n) is 36.1. The molecule has 13 atom stereocenters. The second kappa shape index (κ2) is 42.6. The number of nitrogens with zero attached hydrogens (tertiary/aromatic N) is 3. The van der Waals surface area contributed by atoms with Gasteiger partial charge in [-0.2, -0.15) is 0 Å². The Morgan fingerprint density at radius 2 is 1.33 bits per heavy atom. The van der Waals surface area contributed by atoms with Crippen molar-refractivity contribution in [2.24, 2.45) is 41.1 Å². The molecule has 1 fully saturated rings. The first-order valence-corrected chi connectivity index (χ1v) is 36.1. The first-order chi connectivity index (χ1) is 48.6. The van der Waals surface area contributed by atoms with Crippen LogP contribution in [0.1, 0.15) is 179 Å². The maximum absolute atomic E-state index is 15.0. The Labute approximate surface area is 614 Å². The van der Waals surface area contributed by atoms with Gasteiger partial charge >= 0.3 is 24.2 Å². The van der Waals surface area contributed by atoms with Crippen LogP contribution in [0.3, 0.4) is 0 Å². The average Bonchev–Trinajstić information content (AvgIpc) is 1.37. The number of hydrogen-bond donors (Lipinski definition) is 10. The standard InChI is InChI=1S/C74H122N12O18/c1-21-45(8)61(55(99-19)40-56(87)86-37-26-30-53(86)63(100-20)46(9)64(90)79-47(10)62(89)49-27-23-22-24-28-49)84(17)69(95)59(43(4)5)83-68(94)60(44(6)7)85(18)72(98)102-41-48-31-33-51(54(39-48)101-38-36-78-71(97)104-74(14,15)16)80-66(92)52(29-25-35-77-70(76)96)81-67(93)58(42(2)3)82-65(91)50(75)32-34-57(88)103-73(11,12)13/h22-24,27-28,31,33,39,42-47,50,52-53,55,58-63,89H,21,25-26,29-30,32,34-38,40-41,75H2,1-20H3,(H,78,97)(H,79,90)(H,80,92)(H,81,93)(H,82,91)(H,83,94)(H3,76,77,96)/t45-,46+,47+,50-,52-,53-,55+,58-,59-,60-,61-,62+,63+/m0/s1. The van der Waals surface area contributed by atoms with Crippen LogP contribution in [-0.2, 0) is 68.6 Å². The zero-order valence-corrected chi connectivity index (χ0v) is 64.9. The van der Waals surface area contributed by atoms with Crippen molar-refractivity contribution >= 4 is 71.2 Å². The molecule has 586 valence electrons. The normalized spacial score (nSPS) is 16.7. The van der Waals surface area contributed by atoms with Gasteiger partial charge in [0.2, 0.25) is 41.4 Å². The number of ether oxygens (including phenoxy) is 6. The highest BCUT2D eigenvalue weighted by Gasteiger charge is 2.44. The maximum Gasteiger partial charge on any atom is 0.410 e. The van der Waals surface area contributed by atoms with Crippen molar-refractivity contribution in [1.29, 1.82) is 0 Å². The summed E-state index contributed by atoms with van der Waals surface area (Å²) in [5.74, 6) is -6.88. The van der Waals surface area contributed by atoms with E-state index < -0.39 is 162 Å². The Bertz CT molecular complexity index is 3140. The minimum absolute atomic E-state index is 0.0290. The molecule has 11 amide bonds. The number of esters is 1. The lowest BCUT2D eigenvalue weighted by atomic mass is 9.89. The highest BCUT2D eigenvalue weighted by atomic mass is 16.6. The number of carbonyl (C=O) groups is 11. The summed E-state index contributed by atoms with van der Waals surface area (Å²) < 4.78 is 34.7. The molecule has 0 aliphatic carbocycles. The van der Waals surface area contributed by atoms with E-state index in [-0.39, 0.29) is 81.0 Å². The third kappa shape index (κ3) is 28.9. The molecule has 0 radical (unpaired) electrons. The van der Waals surface area contributed by atoms with Crippen molar-refractivity contribution in [1.82, 2.24) is 46.6 Å². The van der Waals surface area contributed by atoms with Gasteiger partial charge in [0, 0.05) is 47.8 Å². The summed E-state index contributed by atoms with van der Waals surface area (Å²) in [4.78, 5) is 155. The molecule has 1 aliphatic heterocycles. The Kier molecular flexibility index (Phi) is 36.8. The van der Waals surface area contributed by atoms with E-state index in [4.69, 9.17) is 39.9 Å². The van der Waals surface area contributed by atoms with E-state index in [9.17, 15) is 57.8 Å². The van der Waals surface area contributed by atoms with Gasteiger partial charge in [0.25, 0.3) is 0 Å². The van der Waals surface area contributed by atoms with Crippen molar-refractivity contribution in [3.8, 4) is 5.75 Å². The van der Waals surface area contributed by atoms with Gasteiger partial charge in [-0.1, -0.05) is 105 Å². The number of aliphatic hydroxyl groups is 1. The van der Waals surface area contributed by atoms with Crippen LogP contribution in [0.5, 0.6) is 5.75 Å². The van der Waals surface area contributed by atoms with Crippen molar-refractivity contribution in [2.45, 2.75) is 247 Å². The first kappa shape index (κ1) is 89.9. The Balaban J connectivity index is 1.87. The van der Waals surface area contributed by atoms with E-state index in [1.54, 1.807) is 121 Å². The fourth-order valence-electron chi connectivity index (χ4n) is 12.3.